The molecule has 2 rings (SSSR count). The van der Waals surface area contributed by atoms with E-state index in [9.17, 15) is 28.1 Å². The van der Waals surface area contributed by atoms with Crippen LogP contribution in [0.15, 0.2) is 54.2 Å². The van der Waals surface area contributed by atoms with Gasteiger partial charge in [0.1, 0.15) is 11.6 Å². The minimum absolute atomic E-state index is 0.127. The Hall–Kier alpha value is -3.58. The number of benzene rings is 2. The maximum absolute atomic E-state index is 13.1. The maximum Gasteiger partial charge on any atom is 0.418 e. The van der Waals surface area contributed by atoms with E-state index in [1.165, 1.54) is 18.2 Å². The quantitative estimate of drug-likeness (QED) is 0.321. The van der Waals surface area contributed by atoms with Gasteiger partial charge in [-0.05, 0) is 30.3 Å². The summed E-state index contributed by atoms with van der Waals surface area (Å²) in [5.41, 5.74) is -2.00. The van der Waals surface area contributed by atoms with Gasteiger partial charge in [0.2, 0.25) is 0 Å². The zero-order valence-electron chi connectivity index (χ0n) is 13.7. The summed E-state index contributed by atoms with van der Waals surface area (Å²) in [4.78, 5) is 22.1. The minimum atomic E-state index is -4.70. The summed E-state index contributed by atoms with van der Waals surface area (Å²) in [5, 5.41) is 24.2. The highest BCUT2D eigenvalue weighted by atomic mass is 35.5. The number of hydrogen-bond donors (Lipinski definition) is 2. The lowest BCUT2D eigenvalue weighted by Crippen LogP contribution is -2.15. The van der Waals surface area contributed by atoms with Crippen molar-refractivity contribution in [3.05, 3.63) is 74.9 Å². The molecule has 0 atom stereocenters. The summed E-state index contributed by atoms with van der Waals surface area (Å²) in [6, 6.07) is 9.34. The summed E-state index contributed by atoms with van der Waals surface area (Å²) in [7, 11) is 0. The van der Waals surface area contributed by atoms with E-state index in [2.05, 4.69) is 10.6 Å². The lowest BCUT2D eigenvalue weighted by atomic mass is 10.1. The average molecular weight is 411 g/mol. The van der Waals surface area contributed by atoms with Gasteiger partial charge in [0.05, 0.1) is 16.2 Å². The monoisotopic (exact) mass is 410 g/mol. The molecule has 11 heteroatoms. The Labute approximate surface area is 161 Å². The third-order valence-corrected chi connectivity index (χ3v) is 3.60. The van der Waals surface area contributed by atoms with Gasteiger partial charge in [-0.25, -0.2) is 0 Å². The number of nitriles is 1. The van der Waals surface area contributed by atoms with Gasteiger partial charge >= 0.3 is 6.18 Å². The van der Waals surface area contributed by atoms with Crippen molar-refractivity contribution < 1.29 is 22.9 Å². The molecule has 2 N–H and O–H groups in total. The number of carbonyl (C=O) groups is 1. The molecule has 0 bridgehead atoms. The molecule has 28 heavy (non-hydrogen) atoms. The molecule has 0 aromatic heterocycles. The molecule has 0 fully saturated rings. The molecule has 2 aromatic rings. The molecule has 0 aliphatic rings. The van der Waals surface area contributed by atoms with Crippen LogP contribution in [0, 0.1) is 21.4 Å². The number of anilines is 2. The van der Waals surface area contributed by atoms with Gasteiger partial charge in [0.25, 0.3) is 11.6 Å². The lowest BCUT2D eigenvalue weighted by molar-refractivity contribution is -0.384. The van der Waals surface area contributed by atoms with Gasteiger partial charge in [0.15, 0.2) is 0 Å². The SMILES string of the molecule is N#C/C(=C/Nc1ccc(Cl)cc1C(F)(F)F)C(=O)Nc1ccc([N+](=O)[O-])cc1. The van der Waals surface area contributed by atoms with Crippen molar-refractivity contribution in [1.82, 2.24) is 0 Å². The molecule has 0 heterocycles. The third kappa shape index (κ3) is 5.21. The van der Waals surface area contributed by atoms with E-state index < -0.39 is 33.8 Å². The van der Waals surface area contributed by atoms with Gasteiger partial charge in [-0.2, -0.15) is 18.4 Å². The number of rotatable bonds is 5. The topological polar surface area (TPSA) is 108 Å². The first kappa shape index (κ1) is 20.7. The Morgan fingerprint density at radius 3 is 2.39 bits per heavy atom. The van der Waals surface area contributed by atoms with Crippen molar-refractivity contribution in [3.8, 4) is 6.07 Å². The van der Waals surface area contributed by atoms with E-state index in [1.807, 2.05) is 0 Å². The number of nitro groups is 1. The van der Waals surface area contributed by atoms with E-state index in [1.54, 1.807) is 6.07 Å². The second-order valence-electron chi connectivity index (χ2n) is 5.26. The van der Waals surface area contributed by atoms with Crippen LogP contribution in [0.25, 0.3) is 0 Å². The summed E-state index contributed by atoms with van der Waals surface area (Å²) in [5.74, 6) is -0.911. The van der Waals surface area contributed by atoms with Crippen LogP contribution in [0.4, 0.5) is 30.2 Å². The fraction of sp³-hybridized carbons (Fsp3) is 0.0588. The molecule has 7 nitrogen and oxygen atoms in total. The highest BCUT2D eigenvalue weighted by Crippen LogP contribution is 2.36. The number of carbonyl (C=O) groups excluding carboxylic acids is 1. The van der Waals surface area contributed by atoms with Crippen LogP contribution in [-0.4, -0.2) is 10.8 Å². The first-order valence-electron chi connectivity index (χ1n) is 7.41. The third-order valence-electron chi connectivity index (χ3n) is 3.36. The normalized spacial score (nSPS) is 11.5. The average Bonchev–Trinajstić information content (AvgIpc) is 2.62. The highest BCUT2D eigenvalue weighted by molar-refractivity contribution is 6.30. The van der Waals surface area contributed by atoms with Gasteiger partial charge in [-0.1, -0.05) is 11.6 Å². The molecule has 2 aromatic carbocycles. The zero-order chi connectivity index (χ0) is 20.9. The molecule has 1 amide bonds. The molecule has 0 aliphatic carbocycles. The Balaban J connectivity index is 2.19. The molecule has 0 saturated carbocycles. The Bertz CT molecular complexity index is 983. The van der Waals surface area contributed by atoms with Gasteiger partial charge in [-0.15, -0.1) is 0 Å². The second-order valence-corrected chi connectivity index (χ2v) is 5.70. The van der Waals surface area contributed by atoms with Crippen LogP contribution in [0.3, 0.4) is 0 Å². The molecule has 0 aliphatic heterocycles. The number of alkyl halides is 3. The van der Waals surface area contributed by atoms with Gasteiger partial charge in [0, 0.05) is 29.0 Å². The smallest absolute Gasteiger partial charge is 0.360 e. The molecular weight excluding hydrogens is 401 g/mol. The molecule has 144 valence electrons. The van der Waals surface area contributed by atoms with E-state index >= 15 is 0 Å². The number of nitrogens with zero attached hydrogens (tertiary/aromatic N) is 2. The fourth-order valence-corrected chi connectivity index (χ4v) is 2.21. The Kier molecular flexibility index (Phi) is 6.22. The fourth-order valence-electron chi connectivity index (χ4n) is 2.04. The zero-order valence-corrected chi connectivity index (χ0v) is 14.5. The second kappa shape index (κ2) is 8.41. The number of amides is 1. The highest BCUT2D eigenvalue weighted by Gasteiger charge is 2.33. The number of nitro benzene ring substituents is 1. The molecule has 0 unspecified atom stereocenters. The van der Waals surface area contributed by atoms with Crippen LogP contribution in [0.5, 0.6) is 0 Å². The van der Waals surface area contributed by atoms with E-state index in [0.29, 0.717) is 6.07 Å². The number of hydrogen-bond acceptors (Lipinski definition) is 5. The minimum Gasteiger partial charge on any atom is -0.360 e. The summed E-state index contributed by atoms with van der Waals surface area (Å²) in [6.45, 7) is 0. The van der Waals surface area contributed by atoms with Crippen molar-refractivity contribution in [2.24, 2.45) is 0 Å². The predicted molar refractivity (Wildman–Crippen MR) is 95.5 cm³/mol. The van der Waals surface area contributed by atoms with E-state index in [0.717, 1.165) is 24.4 Å². The molecule has 0 radical (unpaired) electrons. The first-order valence-corrected chi connectivity index (χ1v) is 7.79. The standard InChI is InChI=1S/C17H10ClF3N4O3/c18-11-1-6-15(14(7-11)17(19,20)21)23-9-10(8-22)16(26)24-12-2-4-13(5-3-12)25(27)28/h1-7,9,23H,(H,24,26)/b10-9-. The Morgan fingerprint density at radius 2 is 1.86 bits per heavy atom. The van der Waals surface area contributed by atoms with Crippen molar-refractivity contribution in [1.29, 1.82) is 5.26 Å². The van der Waals surface area contributed by atoms with Crippen molar-refractivity contribution in [3.63, 3.8) is 0 Å². The molecular formula is C17H10ClF3N4O3. The largest absolute Gasteiger partial charge is 0.418 e. The van der Waals surface area contributed by atoms with Gasteiger partial charge < -0.3 is 10.6 Å². The van der Waals surface area contributed by atoms with Crippen LogP contribution in [-0.2, 0) is 11.0 Å². The number of halogens is 4. The van der Waals surface area contributed by atoms with Crippen molar-refractivity contribution in [2.75, 3.05) is 10.6 Å². The van der Waals surface area contributed by atoms with Crippen LogP contribution in [0.2, 0.25) is 5.02 Å². The van der Waals surface area contributed by atoms with Crippen LogP contribution >= 0.6 is 11.6 Å². The van der Waals surface area contributed by atoms with E-state index in [4.69, 9.17) is 16.9 Å². The number of non-ortho nitro benzene ring substituents is 1. The summed E-state index contributed by atoms with van der Waals surface area (Å²) in [6.07, 6.45) is -3.88. The van der Waals surface area contributed by atoms with Crippen LogP contribution in [0.1, 0.15) is 5.56 Å². The van der Waals surface area contributed by atoms with E-state index in [-0.39, 0.29) is 16.4 Å². The predicted octanol–water partition coefficient (Wildman–Crippen LogP) is 4.73. The first-order chi connectivity index (χ1) is 13.1. The van der Waals surface area contributed by atoms with Gasteiger partial charge in [-0.3, -0.25) is 14.9 Å². The Morgan fingerprint density at radius 1 is 1.21 bits per heavy atom. The molecule has 0 saturated heterocycles. The van der Waals surface area contributed by atoms with Crippen LogP contribution < -0.4 is 10.6 Å². The van der Waals surface area contributed by atoms with Crippen molar-refractivity contribution >= 4 is 34.6 Å². The van der Waals surface area contributed by atoms with Crippen molar-refractivity contribution in [2.45, 2.75) is 6.18 Å². The molecule has 0 spiro atoms. The summed E-state index contributed by atoms with van der Waals surface area (Å²) < 4.78 is 39.2. The number of nitrogens with one attached hydrogen (secondary N) is 2. The lowest BCUT2D eigenvalue weighted by Gasteiger charge is -2.13. The summed E-state index contributed by atoms with van der Waals surface area (Å²) >= 11 is 5.58. The maximum atomic E-state index is 13.1.